The van der Waals surface area contributed by atoms with Crippen LogP contribution in [0.3, 0.4) is 0 Å². The van der Waals surface area contributed by atoms with Crippen LogP contribution in [0.5, 0.6) is 5.75 Å². The third-order valence-corrected chi connectivity index (χ3v) is 5.98. The Kier molecular flexibility index (Phi) is 6.19. The Morgan fingerprint density at radius 1 is 1.06 bits per heavy atom. The number of hydrogen-bond donors (Lipinski definition) is 1. The molecule has 7 nitrogen and oxygen atoms in total. The van der Waals surface area contributed by atoms with Crippen molar-refractivity contribution in [1.82, 2.24) is 14.8 Å². The summed E-state index contributed by atoms with van der Waals surface area (Å²) in [4.78, 5) is 17.4. The molecule has 0 unspecified atom stereocenters. The van der Waals surface area contributed by atoms with Crippen LogP contribution in [-0.2, 0) is 0 Å². The maximum atomic E-state index is 13.4. The Morgan fingerprint density at radius 2 is 1.85 bits per heavy atom. The molecule has 5 aromatic rings. The van der Waals surface area contributed by atoms with E-state index in [9.17, 15) is 4.79 Å². The Morgan fingerprint density at radius 3 is 2.62 bits per heavy atom. The van der Waals surface area contributed by atoms with Gasteiger partial charge in [0.1, 0.15) is 12.4 Å². The fraction of sp³-hybridized carbons (Fsp3) is 0.0800. The largest absolute Gasteiger partial charge is 0.491 e. The normalized spacial score (nSPS) is 11.1. The van der Waals surface area contributed by atoms with Gasteiger partial charge in [0.25, 0.3) is 5.56 Å². The molecule has 2 aromatic heterocycles. The number of halogens is 2. The molecule has 5 rings (SSSR count). The molecule has 0 saturated heterocycles. The van der Waals surface area contributed by atoms with E-state index >= 15 is 0 Å². The van der Waals surface area contributed by atoms with Crippen molar-refractivity contribution in [2.45, 2.75) is 0 Å². The molecule has 34 heavy (non-hydrogen) atoms. The topological polar surface area (TPSA) is 90.4 Å². The lowest BCUT2D eigenvalue weighted by atomic mass is 10.0. The first-order valence-corrected chi connectivity index (χ1v) is 11.5. The highest BCUT2D eigenvalue weighted by Crippen LogP contribution is 2.33. The Balaban J connectivity index is 1.76. The Bertz CT molecular complexity index is 1550. The van der Waals surface area contributed by atoms with Crippen LogP contribution in [0.15, 0.2) is 86.9 Å². The van der Waals surface area contributed by atoms with Gasteiger partial charge in [0.05, 0.1) is 34.6 Å². The number of aliphatic hydroxyl groups excluding tert-OH is 1. The van der Waals surface area contributed by atoms with Gasteiger partial charge in [0.15, 0.2) is 12.2 Å². The van der Waals surface area contributed by atoms with Crippen LogP contribution in [0.1, 0.15) is 0 Å². The van der Waals surface area contributed by atoms with Gasteiger partial charge in [-0.15, -0.1) is 0 Å². The average molecular weight is 539 g/mol. The lowest BCUT2D eigenvalue weighted by molar-refractivity contribution is 0.201. The van der Waals surface area contributed by atoms with Crippen molar-refractivity contribution < 1.29 is 14.3 Å². The van der Waals surface area contributed by atoms with Crippen molar-refractivity contribution >= 4 is 38.3 Å². The highest BCUT2D eigenvalue weighted by Gasteiger charge is 2.17. The number of aromatic nitrogens is 3. The van der Waals surface area contributed by atoms with Crippen LogP contribution in [0.4, 0.5) is 0 Å². The summed E-state index contributed by atoms with van der Waals surface area (Å²) in [5.74, 6) is 1.07. The van der Waals surface area contributed by atoms with E-state index in [0.29, 0.717) is 38.7 Å². The summed E-state index contributed by atoms with van der Waals surface area (Å²) in [6.07, 6.45) is 3.01. The molecule has 0 spiro atoms. The number of oxazole rings is 1. The van der Waals surface area contributed by atoms with Crippen molar-refractivity contribution in [3.8, 4) is 34.0 Å². The predicted octanol–water partition coefficient (Wildman–Crippen LogP) is 5.49. The van der Waals surface area contributed by atoms with E-state index in [1.165, 1.54) is 11.1 Å². The summed E-state index contributed by atoms with van der Waals surface area (Å²) < 4.78 is 13.1. The molecule has 0 radical (unpaired) electrons. The number of hydrogen-bond acceptors (Lipinski definition) is 6. The molecule has 0 atom stereocenters. The Labute approximate surface area is 207 Å². The standard InChI is InChI=1S/C25H17BrClN3O4/c26-17-10-15(23-13-28-14-34-23)9-16(11-17)24-19-3-1-2-4-20(19)25(32)30(29-24)22-12-18(33-8-7-31)5-6-21(22)27/h1-6,9-14,31H,7-8H2. The minimum absolute atomic E-state index is 0.120. The van der Waals surface area contributed by atoms with Crippen LogP contribution in [0.2, 0.25) is 5.02 Å². The molecule has 0 amide bonds. The van der Waals surface area contributed by atoms with Crippen molar-refractivity contribution in [2.24, 2.45) is 0 Å². The first-order chi connectivity index (χ1) is 16.5. The quantitative estimate of drug-likeness (QED) is 0.307. The van der Waals surface area contributed by atoms with Gasteiger partial charge in [-0.2, -0.15) is 9.78 Å². The molecule has 0 saturated carbocycles. The summed E-state index contributed by atoms with van der Waals surface area (Å²) in [6, 6.07) is 18.0. The van der Waals surface area contributed by atoms with Crippen LogP contribution in [0, 0.1) is 0 Å². The SMILES string of the molecule is O=c1c2ccccc2c(-c2cc(Br)cc(-c3cnco3)c2)nn1-c1cc(OCCO)ccc1Cl. The van der Waals surface area contributed by atoms with Crippen LogP contribution in [0.25, 0.3) is 39.0 Å². The van der Waals surface area contributed by atoms with E-state index in [1.54, 1.807) is 36.5 Å². The molecule has 0 bridgehead atoms. The van der Waals surface area contributed by atoms with Crippen LogP contribution >= 0.6 is 27.5 Å². The number of nitrogens with zero attached hydrogens (tertiary/aromatic N) is 3. The number of benzene rings is 3. The zero-order valence-corrected chi connectivity index (χ0v) is 20.0. The minimum Gasteiger partial charge on any atom is -0.491 e. The van der Waals surface area contributed by atoms with Gasteiger partial charge < -0.3 is 14.3 Å². The van der Waals surface area contributed by atoms with E-state index in [-0.39, 0.29) is 18.8 Å². The van der Waals surface area contributed by atoms with Gasteiger partial charge in [0, 0.05) is 27.1 Å². The van der Waals surface area contributed by atoms with E-state index in [0.717, 1.165) is 15.6 Å². The van der Waals surface area contributed by atoms with Crippen molar-refractivity contribution in [3.63, 3.8) is 0 Å². The smallest absolute Gasteiger partial charge is 0.279 e. The zero-order chi connectivity index (χ0) is 23.7. The lowest BCUT2D eigenvalue weighted by Gasteiger charge is -2.14. The molecular weight excluding hydrogens is 522 g/mol. The fourth-order valence-corrected chi connectivity index (χ4v) is 4.39. The van der Waals surface area contributed by atoms with Crippen molar-refractivity contribution in [2.75, 3.05) is 13.2 Å². The minimum atomic E-state index is -0.314. The maximum absolute atomic E-state index is 13.4. The second kappa shape index (κ2) is 9.42. The molecular formula is C25H17BrClN3O4. The molecule has 0 aliphatic rings. The van der Waals surface area contributed by atoms with Crippen LogP contribution < -0.4 is 10.3 Å². The lowest BCUT2D eigenvalue weighted by Crippen LogP contribution is -2.22. The predicted molar refractivity (Wildman–Crippen MR) is 134 cm³/mol. The van der Waals surface area contributed by atoms with Gasteiger partial charge in [-0.3, -0.25) is 4.79 Å². The highest BCUT2D eigenvalue weighted by atomic mass is 79.9. The maximum Gasteiger partial charge on any atom is 0.279 e. The summed E-state index contributed by atoms with van der Waals surface area (Å²) in [5.41, 5.74) is 2.23. The highest BCUT2D eigenvalue weighted by molar-refractivity contribution is 9.10. The molecule has 9 heteroatoms. The summed E-state index contributed by atoms with van der Waals surface area (Å²) in [6.45, 7) is -0.0124. The van der Waals surface area contributed by atoms with Gasteiger partial charge in [0.2, 0.25) is 0 Å². The molecule has 0 aliphatic carbocycles. The van der Waals surface area contributed by atoms with Gasteiger partial charge >= 0.3 is 0 Å². The zero-order valence-electron chi connectivity index (χ0n) is 17.6. The second-order valence-electron chi connectivity index (χ2n) is 7.39. The number of ether oxygens (including phenoxy) is 1. The Hall–Kier alpha value is -3.46. The van der Waals surface area contributed by atoms with E-state index < -0.39 is 0 Å². The van der Waals surface area contributed by atoms with E-state index in [4.69, 9.17) is 31.0 Å². The van der Waals surface area contributed by atoms with E-state index in [2.05, 4.69) is 20.9 Å². The van der Waals surface area contributed by atoms with Gasteiger partial charge in [-0.1, -0.05) is 45.7 Å². The average Bonchev–Trinajstić information content (AvgIpc) is 3.39. The van der Waals surface area contributed by atoms with Gasteiger partial charge in [-0.25, -0.2) is 4.98 Å². The van der Waals surface area contributed by atoms with E-state index in [1.807, 2.05) is 30.3 Å². The van der Waals surface area contributed by atoms with Gasteiger partial charge in [-0.05, 0) is 36.4 Å². The first-order valence-electron chi connectivity index (χ1n) is 10.3. The molecule has 3 aromatic carbocycles. The number of fused-ring (bicyclic) bond motifs is 1. The monoisotopic (exact) mass is 537 g/mol. The summed E-state index contributed by atoms with van der Waals surface area (Å²) in [7, 11) is 0. The number of rotatable bonds is 6. The summed E-state index contributed by atoms with van der Waals surface area (Å²) >= 11 is 10.0. The number of aliphatic hydroxyl groups is 1. The molecule has 0 fully saturated rings. The third-order valence-electron chi connectivity index (χ3n) is 5.20. The summed E-state index contributed by atoms with van der Waals surface area (Å²) in [5, 5.41) is 15.3. The third kappa shape index (κ3) is 4.23. The molecule has 0 aliphatic heterocycles. The fourth-order valence-electron chi connectivity index (χ4n) is 3.70. The first kappa shape index (κ1) is 22.3. The van der Waals surface area contributed by atoms with Crippen LogP contribution in [-0.4, -0.2) is 33.1 Å². The molecule has 1 N–H and O–H groups in total. The van der Waals surface area contributed by atoms with Crippen molar-refractivity contribution in [1.29, 1.82) is 0 Å². The molecule has 170 valence electrons. The van der Waals surface area contributed by atoms with Crippen molar-refractivity contribution in [3.05, 3.63) is 93.1 Å². The molecule has 2 heterocycles. The second-order valence-corrected chi connectivity index (χ2v) is 8.71.